The zero-order valence-electron chi connectivity index (χ0n) is 24.7. The molecule has 0 radical (unpaired) electrons. The molecule has 3 heterocycles. The van der Waals surface area contributed by atoms with Crippen molar-refractivity contribution in [1.29, 1.82) is 0 Å². The molecule has 1 atom stereocenters. The Balaban J connectivity index is 1.36. The second-order valence-corrected chi connectivity index (χ2v) is 12.7. The van der Waals surface area contributed by atoms with Crippen molar-refractivity contribution in [3.05, 3.63) is 58.5 Å². The van der Waals surface area contributed by atoms with Crippen molar-refractivity contribution in [3.8, 4) is 16.9 Å². The van der Waals surface area contributed by atoms with Crippen LogP contribution in [0.3, 0.4) is 0 Å². The average Bonchev–Trinajstić information content (AvgIpc) is 3.43. The highest BCUT2D eigenvalue weighted by atomic mass is 79.9. The van der Waals surface area contributed by atoms with Gasteiger partial charge in [0.2, 0.25) is 5.95 Å². The van der Waals surface area contributed by atoms with Crippen LogP contribution in [0, 0.1) is 0 Å². The number of ether oxygens (including phenoxy) is 2. The van der Waals surface area contributed by atoms with E-state index in [1.165, 1.54) is 11.1 Å². The zero-order valence-corrected chi connectivity index (χ0v) is 27.1. The minimum absolute atomic E-state index is 0.404. The standard InChI is InChI=1S/C30H35BrN8O3S/c1-5-42-28-15-26(39-8-10-41-11-9-39)22(21-16-33-37(2)18-21)14-25(28)35-30-32-17-23(31)29(36-30)34-24-12-19-6-7-20(19)13-27(24)38(3)43(4)40/h12-18H,5-11H2,1-4H3,(H2,32,34,35,36). The van der Waals surface area contributed by atoms with Gasteiger partial charge in [-0.3, -0.25) is 8.99 Å². The van der Waals surface area contributed by atoms with Crippen molar-refractivity contribution in [3.63, 3.8) is 0 Å². The van der Waals surface area contributed by atoms with Gasteiger partial charge in [0.05, 0.1) is 47.6 Å². The van der Waals surface area contributed by atoms with E-state index in [2.05, 4.69) is 65.8 Å². The van der Waals surface area contributed by atoms with Crippen LogP contribution in [-0.4, -0.2) is 70.2 Å². The lowest BCUT2D eigenvalue weighted by Crippen LogP contribution is -2.36. The number of rotatable bonds is 10. The molecule has 43 heavy (non-hydrogen) atoms. The summed E-state index contributed by atoms with van der Waals surface area (Å²) >= 11 is 3.61. The fourth-order valence-corrected chi connectivity index (χ4v) is 6.01. The normalized spacial score (nSPS) is 15.0. The van der Waals surface area contributed by atoms with Gasteiger partial charge in [0.1, 0.15) is 22.6 Å². The van der Waals surface area contributed by atoms with E-state index >= 15 is 0 Å². The molecule has 6 rings (SSSR count). The lowest BCUT2D eigenvalue weighted by Gasteiger charge is -2.31. The van der Waals surface area contributed by atoms with Crippen molar-refractivity contribution < 1.29 is 13.7 Å². The number of aryl methyl sites for hydroxylation is 3. The number of hydrogen-bond acceptors (Lipinski definition) is 9. The van der Waals surface area contributed by atoms with Gasteiger partial charge in [0, 0.05) is 68.7 Å². The summed E-state index contributed by atoms with van der Waals surface area (Å²) in [6, 6.07) is 8.38. The molecule has 1 saturated heterocycles. The van der Waals surface area contributed by atoms with Crippen LogP contribution in [0.25, 0.3) is 11.1 Å². The lowest BCUT2D eigenvalue weighted by molar-refractivity contribution is 0.122. The molecule has 1 aliphatic heterocycles. The number of aromatic nitrogens is 4. The molecule has 226 valence electrons. The Hall–Kier alpha value is -3.68. The number of nitrogens with one attached hydrogen (secondary N) is 2. The summed E-state index contributed by atoms with van der Waals surface area (Å²) in [5.41, 5.74) is 8.11. The summed E-state index contributed by atoms with van der Waals surface area (Å²) in [6.45, 7) is 5.41. The third-order valence-corrected chi connectivity index (χ3v) is 9.26. The predicted octanol–water partition coefficient (Wildman–Crippen LogP) is 5.19. The van der Waals surface area contributed by atoms with Crippen molar-refractivity contribution in [2.75, 3.05) is 66.1 Å². The van der Waals surface area contributed by atoms with E-state index in [0.29, 0.717) is 41.8 Å². The third-order valence-electron chi connectivity index (χ3n) is 7.72. The molecular weight excluding hydrogens is 632 g/mol. The smallest absolute Gasteiger partial charge is 0.229 e. The monoisotopic (exact) mass is 666 g/mol. The van der Waals surface area contributed by atoms with Crippen molar-refractivity contribution >= 4 is 61.4 Å². The van der Waals surface area contributed by atoms with Gasteiger partial charge >= 0.3 is 0 Å². The van der Waals surface area contributed by atoms with E-state index in [9.17, 15) is 4.21 Å². The minimum atomic E-state index is -1.18. The first-order valence-corrected chi connectivity index (χ1v) is 16.5. The molecule has 4 aromatic rings. The predicted molar refractivity (Wildman–Crippen MR) is 175 cm³/mol. The topological polar surface area (TPSA) is 110 Å². The molecule has 1 fully saturated rings. The van der Waals surface area contributed by atoms with Crippen LogP contribution in [-0.2, 0) is 35.6 Å². The van der Waals surface area contributed by atoms with E-state index in [4.69, 9.17) is 14.5 Å². The highest BCUT2D eigenvalue weighted by Crippen LogP contribution is 2.41. The third kappa shape index (κ3) is 6.20. The van der Waals surface area contributed by atoms with Gasteiger partial charge in [-0.15, -0.1) is 0 Å². The van der Waals surface area contributed by atoms with E-state index in [1.807, 2.05) is 33.4 Å². The summed E-state index contributed by atoms with van der Waals surface area (Å²) in [5, 5.41) is 11.3. The van der Waals surface area contributed by atoms with Gasteiger partial charge < -0.3 is 25.0 Å². The van der Waals surface area contributed by atoms with E-state index in [-0.39, 0.29) is 0 Å². The molecular formula is C30H35BrN8O3S. The van der Waals surface area contributed by atoms with Crippen molar-refractivity contribution in [2.45, 2.75) is 19.8 Å². The SMILES string of the molecule is CCOc1cc(N2CCOCC2)c(-c2cnn(C)c2)cc1Nc1ncc(Br)c(Nc2cc3c(cc2N(C)S(C)=O)CC3)n1. The first-order valence-electron chi connectivity index (χ1n) is 14.2. The Morgan fingerprint density at radius 3 is 2.53 bits per heavy atom. The van der Waals surface area contributed by atoms with Crippen LogP contribution in [0.2, 0.25) is 0 Å². The summed E-state index contributed by atoms with van der Waals surface area (Å²) in [6.07, 6.45) is 9.32. The quantitative estimate of drug-likeness (QED) is 0.236. The molecule has 2 aromatic heterocycles. The van der Waals surface area contributed by atoms with Gasteiger partial charge in [0.25, 0.3) is 0 Å². The fraction of sp³-hybridized carbons (Fsp3) is 0.367. The second kappa shape index (κ2) is 12.5. The van der Waals surface area contributed by atoms with Gasteiger partial charge in [-0.2, -0.15) is 10.1 Å². The first-order chi connectivity index (χ1) is 20.8. The highest BCUT2D eigenvalue weighted by Gasteiger charge is 2.23. The molecule has 11 nitrogen and oxygen atoms in total. The molecule has 2 N–H and O–H groups in total. The molecule has 0 bridgehead atoms. The molecule has 0 spiro atoms. The fourth-order valence-electron chi connectivity index (χ4n) is 5.30. The summed E-state index contributed by atoms with van der Waals surface area (Å²) in [5.74, 6) is 1.69. The van der Waals surface area contributed by atoms with E-state index < -0.39 is 11.0 Å². The molecule has 0 amide bonds. The maximum absolute atomic E-state index is 12.4. The number of benzene rings is 2. The van der Waals surface area contributed by atoms with Gasteiger partial charge in [-0.05, 0) is 65.0 Å². The number of hydrogen-bond donors (Lipinski definition) is 2. The summed E-state index contributed by atoms with van der Waals surface area (Å²) < 4.78 is 28.4. The van der Waals surface area contributed by atoms with Crippen LogP contribution in [0.4, 0.5) is 34.5 Å². The first kappa shape index (κ1) is 29.4. The molecule has 1 unspecified atom stereocenters. The van der Waals surface area contributed by atoms with E-state index in [0.717, 1.165) is 59.8 Å². The highest BCUT2D eigenvalue weighted by molar-refractivity contribution is 9.10. The van der Waals surface area contributed by atoms with Crippen LogP contribution in [0.15, 0.2) is 47.3 Å². The maximum Gasteiger partial charge on any atom is 0.229 e. The van der Waals surface area contributed by atoms with Crippen molar-refractivity contribution in [2.24, 2.45) is 7.05 Å². The molecule has 0 saturated carbocycles. The molecule has 1 aliphatic carbocycles. The summed E-state index contributed by atoms with van der Waals surface area (Å²) in [7, 11) is 2.57. The Kier molecular flexibility index (Phi) is 8.55. The van der Waals surface area contributed by atoms with Crippen molar-refractivity contribution in [1.82, 2.24) is 19.7 Å². The Morgan fingerprint density at radius 2 is 1.86 bits per heavy atom. The van der Waals surface area contributed by atoms with Crippen LogP contribution < -0.4 is 24.6 Å². The molecule has 2 aromatic carbocycles. The van der Waals surface area contributed by atoms with Crippen LogP contribution in [0.5, 0.6) is 5.75 Å². The lowest BCUT2D eigenvalue weighted by atomic mass is 9.87. The van der Waals surface area contributed by atoms with E-state index in [1.54, 1.807) is 21.4 Å². The Labute approximate surface area is 262 Å². The van der Waals surface area contributed by atoms with Crippen LogP contribution >= 0.6 is 15.9 Å². The number of nitrogens with zero attached hydrogens (tertiary/aromatic N) is 6. The second-order valence-electron chi connectivity index (χ2n) is 10.5. The van der Waals surface area contributed by atoms with Crippen LogP contribution in [0.1, 0.15) is 18.1 Å². The number of fused-ring (bicyclic) bond motifs is 1. The number of halogens is 1. The van der Waals surface area contributed by atoms with Gasteiger partial charge in [0.15, 0.2) is 0 Å². The Bertz CT molecular complexity index is 1670. The molecule has 13 heteroatoms. The molecule has 2 aliphatic rings. The van der Waals surface area contributed by atoms with Gasteiger partial charge in [-0.1, -0.05) is 0 Å². The Morgan fingerprint density at radius 1 is 1.09 bits per heavy atom. The summed E-state index contributed by atoms with van der Waals surface area (Å²) in [4.78, 5) is 11.7. The average molecular weight is 668 g/mol. The zero-order chi connectivity index (χ0) is 30.1. The minimum Gasteiger partial charge on any atom is -0.492 e. The number of anilines is 6. The maximum atomic E-state index is 12.4. The largest absolute Gasteiger partial charge is 0.492 e. The number of morpholine rings is 1. The van der Waals surface area contributed by atoms with Gasteiger partial charge in [-0.25, -0.2) is 9.19 Å².